The van der Waals surface area contributed by atoms with Gasteiger partial charge in [-0.05, 0) is 11.6 Å². The number of hydrogen-bond acceptors (Lipinski definition) is 2. The molecule has 0 aromatic heterocycles. The first-order valence-corrected chi connectivity index (χ1v) is 6.05. The van der Waals surface area contributed by atoms with Gasteiger partial charge in [0.05, 0.1) is 6.67 Å². The second kappa shape index (κ2) is 4.60. The normalized spacial score (nSPS) is 15.2. The highest BCUT2D eigenvalue weighted by Crippen LogP contribution is 2.30. The molecule has 17 heavy (non-hydrogen) atoms. The maximum atomic E-state index is 3.38. The van der Waals surface area contributed by atoms with Crippen LogP contribution in [0.1, 0.15) is 0 Å². The van der Waals surface area contributed by atoms with Crippen molar-refractivity contribution in [3.05, 3.63) is 54.6 Å². The van der Waals surface area contributed by atoms with Crippen LogP contribution in [0.15, 0.2) is 54.6 Å². The summed E-state index contributed by atoms with van der Waals surface area (Å²) in [5.74, 6) is 0. The first-order valence-electron chi connectivity index (χ1n) is 6.05. The van der Waals surface area contributed by atoms with Crippen LogP contribution in [0.3, 0.4) is 0 Å². The smallest absolute Gasteiger partial charge is 0.0683 e. The van der Waals surface area contributed by atoms with Gasteiger partial charge in [-0.2, -0.15) is 0 Å². The Morgan fingerprint density at radius 1 is 0.882 bits per heavy atom. The van der Waals surface area contributed by atoms with Crippen LogP contribution >= 0.6 is 0 Å². The van der Waals surface area contributed by atoms with Crippen LogP contribution < -0.4 is 10.2 Å². The second-order valence-electron chi connectivity index (χ2n) is 4.30. The maximum Gasteiger partial charge on any atom is 0.0683 e. The summed E-state index contributed by atoms with van der Waals surface area (Å²) in [6.45, 7) is 3.11. The van der Waals surface area contributed by atoms with Gasteiger partial charge in [-0.15, -0.1) is 0 Å². The molecule has 0 radical (unpaired) electrons. The number of nitrogens with zero attached hydrogens (tertiary/aromatic N) is 1. The largest absolute Gasteiger partial charge is 0.357 e. The maximum absolute atomic E-state index is 3.38. The minimum atomic E-state index is 0.948. The molecule has 1 aliphatic rings. The summed E-state index contributed by atoms with van der Waals surface area (Å²) in [6.07, 6.45) is 0. The Bertz CT molecular complexity index is 487. The molecule has 0 unspecified atom stereocenters. The quantitative estimate of drug-likeness (QED) is 0.843. The molecule has 1 N–H and O–H groups in total. The van der Waals surface area contributed by atoms with E-state index in [0.717, 1.165) is 19.8 Å². The number of nitrogens with one attached hydrogen (secondary N) is 1. The molecule has 2 aromatic carbocycles. The average Bonchev–Trinajstić information content (AvgIpc) is 2.94. The van der Waals surface area contributed by atoms with E-state index in [4.69, 9.17) is 0 Å². The lowest BCUT2D eigenvalue weighted by Gasteiger charge is -2.20. The zero-order valence-corrected chi connectivity index (χ0v) is 9.76. The summed E-state index contributed by atoms with van der Waals surface area (Å²) in [5, 5.41) is 3.38. The van der Waals surface area contributed by atoms with Crippen molar-refractivity contribution >= 4 is 5.69 Å². The minimum Gasteiger partial charge on any atom is -0.357 e. The fraction of sp³-hybridized carbons (Fsp3) is 0.200. The van der Waals surface area contributed by atoms with Crippen LogP contribution in [-0.2, 0) is 0 Å². The van der Waals surface area contributed by atoms with Gasteiger partial charge in [0, 0.05) is 24.3 Å². The van der Waals surface area contributed by atoms with E-state index in [9.17, 15) is 0 Å². The molecule has 1 aliphatic heterocycles. The van der Waals surface area contributed by atoms with Crippen molar-refractivity contribution in [2.24, 2.45) is 0 Å². The van der Waals surface area contributed by atoms with Crippen molar-refractivity contribution in [2.45, 2.75) is 0 Å². The third-order valence-corrected chi connectivity index (χ3v) is 3.19. The summed E-state index contributed by atoms with van der Waals surface area (Å²) < 4.78 is 0. The molecule has 0 aliphatic carbocycles. The molecular weight excluding hydrogens is 208 g/mol. The number of benzene rings is 2. The van der Waals surface area contributed by atoms with E-state index in [1.807, 2.05) is 0 Å². The highest BCUT2D eigenvalue weighted by atomic mass is 15.3. The third kappa shape index (κ3) is 2.04. The Morgan fingerprint density at radius 2 is 1.65 bits per heavy atom. The predicted octanol–water partition coefficient (Wildman–Crippen LogP) is 2.72. The summed E-state index contributed by atoms with van der Waals surface area (Å²) in [7, 11) is 0. The van der Waals surface area contributed by atoms with Gasteiger partial charge < -0.3 is 4.90 Å². The minimum absolute atomic E-state index is 0.948. The van der Waals surface area contributed by atoms with Crippen molar-refractivity contribution in [1.82, 2.24) is 5.32 Å². The SMILES string of the molecule is c1ccc(-c2ccccc2N2CCNC2)cc1. The van der Waals surface area contributed by atoms with Crippen molar-refractivity contribution in [2.75, 3.05) is 24.7 Å². The van der Waals surface area contributed by atoms with E-state index in [0.29, 0.717) is 0 Å². The second-order valence-corrected chi connectivity index (χ2v) is 4.30. The highest BCUT2D eigenvalue weighted by molar-refractivity contribution is 5.78. The van der Waals surface area contributed by atoms with Gasteiger partial charge in [-0.25, -0.2) is 0 Å². The van der Waals surface area contributed by atoms with Crippen molar-refractivity contribution < 1.29 is 0 Å². The summed E-state index contributed by atoms with van der Waals surface area (Å²) in [5.41, 5.74) is 3.93. The van der Waals surface area contributed by atoms with Gasteiger partial charge in [-0.3, -0.25) is 5.32 Å². The van der Waals surface area contributed by atoms with Gasteiger partial charge in [-0.1, -0.05) is 48.5 Å². The summed E-state index contributed by atoms with van der Waals surface area (Å²) in [6, 6.07) is 19.2. The lowest BCUT2D eigenvalue weighted by Crippen LogP contribution is -2.21. The van der Waals surface area contributed by atoms with Crippen molar-refractivity contribution in [3.63, 3.8) is 0 Å². The molecule has 0 amide bonds. The van der Waals surface area contributed by atoms with Crippen LogP contribution in [0, 0.1) is 0 Å². The van der Waals surface area contributed by atoms with Crippen molar-refractivity contribution in [3.8, 4) is 11.1 Å². The molecule has 1 heterocycles. The number of hydrogen-bond donors (Lipinski definition) is 1. The number of anilines is 1. The van der Waals surface area contributed by atoms with E-state index in [2.05, 4.69) is 64.8 Å². The Labute approximate surface area is 102 Å². The van der Waals surface area contributed by atoms with Crippen LogP contribution in [0.25, 0.3) is 11.1 Å². The van der Waals surface area contributed by atoms with E-state index in [1.54, 1.807) is 0 Å². The number of para-hydroxylation sites is 1. The monoisotopic (exact) mass is 224 g/mol. The van der Waals surface area contributed by atoms with Crippen LogP contribution in [0.2, 0.25) is 0 Å². The van der Waals surface area contributed by atoms with Gasteiger partial charge in [0.1, 0.15) is 0 Å². The zero-order valence-electron chi connectivity index (χ0n) is 9.76. The molecule has 0 atom stereocenters. The zero-order chi connectivity index (χ0) is 11.5. The van der Waals surface area contributed by atoms with E-state index >= 15 is 0 Å². The van der Waals surface area contributed by atoms with Gasteiger partial charge in [0.2, 0.25) is 0 Å². The molecule has 0 spiro atoms. The average molecular weight is 224 g/mol. The topological polar surface area (TPSA) is 15.3 Å². The first kappa shape index (κ1) is 10.4. The van der Waals surface area contributed by atoms with Crippen LogP contribution in [-0.4, -0.2) is 19.8 Å². The van der Waals surface area contributed by atoms with Crippen LogP contribution in [0.4, 0.5) is 5.69 Å². The fourth-order valence-corrected chi connectivity index (χ4v) is 2.32. The third-order valence-electron chi connectivity index (χ3n) is 3.19. The fourth-order valence-electron chi connectivity index (χ4n) is 2.32. The molecule has 0 bridgehead atoms. The lowest BCUT2D eigenvalue weighted by molar-refractivity contribution is 0.855. The standard InChI is InChI=1S/C15H16N2/c1-2-6-13(7-3-1)14-8-4-5-9-15(14)17-11-10-16-12-17/h1-9,16H,10-12H2. The van der Waals surface area contributed by atoms with Gasteiger partial charge >= 0.3 is 0 Å². The summed E-state index contributed by atoms with van der Waals surface area (Å²) >= 11 is 0. The Hall–Kier alpha value is -1.80. The molecule has 1 fully saturated rings. The Kier molecular flexibility index (Phi) is 2.80. The number of rotatable bonds is 2. The Morgan fingerprint density at radius 3 is 2.41 bits per heavy atom. The molecule has 0 saturated carbocycles. The van der Waals surface area contributed by atoms with E-state index in [1.165, 1.54) is 16.8 Å². The molecule has 3 rings (SSSR count). The van der Waals surface area contributed by atoms with Crippen LogP contribution in [0.5, 0.6) is 0 Å². The predicted molar refractivity (Wildman–Crippen MR) is 72.1 cm³/mol. The van der Waals surface area contributed by atoms with Crippen molar-refractivity contribution in [1.29, 1.82) is 0 Å². The van der Waals surface area contributed by atoms with E-state index < -0.39 is 0 Å². The summed E-state index contributed by atoms with van der Waals surface area (Å²) in [4.78, 5) is 2.39. The molecule has 86 valence electrons. The molecule has 1 saturated heterocycles. The lowest BCUT2D eigenvalue weighted by atomic mass is 10.0. The van der Waals surface area contributed by atoms with Gasteiger partial charge in [0.15, 0.2) is 0 Å². The molecule has 2 heteroatoms. The highest BCUT2D eigenvalue weighted by Gasteiger charge is 2.15. The van der Waals surface area contributed by atoms with E-state index in [-0.39, 0.29) is 0 Å². The van der Waals surface area contributed by atoms with Gasteiger partial charge in [0.25, 0.3) is 0 Å². The molecular formula is C15H16N2. The molecule has 2 aromatic rings. The Balaban J connectivity index is 2.04. The molecule has 2 nitrogen and oxygen atoms in total. The first-order chi connectivity index (χ1) is 8.45.